The standard InChI is InChI=1S/C11H9ClN2O3/c1-6-5-17-11(13-6)14-10(16)8-4-7(15)2-3-9(8)12/h2-5,15H,1H3,(H,13,14,16). The van der Waals surface area contributed by atoms with Crippen molar-refractivity contribution in [2.45, 2.75) is 6.92 Å². The third-order valence-electron chi connectivity index (χ3n) is 2.03. The zero-order valence-corrected chi connectivity index (χ0v) is 9.65. The number of rotatable bonds is 2. The Bertz CT molecular complexity index is 566. The molecule has 0 radical (unpaired) electrons. The zero-order chi connectivity index (χ0) is 12.4. The van der Waals surface area contributed by atoms with Gasteiger partial charge in [0.2, 0.25) is 0 Å². The van der Waals surface area contributed by atoms with Crippen molar-refractivity contribution >= 4 is 23.5 Å². The lowest BCUT2D eigenvalue weighted by Crippen LogP contribution is -2.12. The summed E-state index contributed by atoms with van der Waals surface area (Å²) >= 11 is 5.84. The van der Waals surface area contributed by atoms with Gasteiger partial charge in [0.25, 0.3) is 5.91 Å². The summed E-state index contributed by atoms with van der Waals surface area (Å²) in [5, 5.41) is 12.0. The quantitative estimate of drug-likeness (QED) is 0.861. The SMILES string of the molecule is Cc1coc(NC(=O)c2cc(O)ccc2Cl)n1. The predicted octanol–water partition coefficient (Wildman–Crippen LogP) is 2.59. The second kappa shape index (κ2) is 4.47. The van der Waals surface area contributed by atoms with Crippen molar-refractivity contribution in [3.05, 3.63) is 40.7 Å². The van der Waals surface area contributed by atoms with E-state index in [0.29, 0.717) is 5.69 Å². The number of aromatic hydroxyl groups is 1. The van der Waals surface area contributed by atoms with Gasteiger partial charge in [0.15, 0.2) is 0 Å². The molecule has 0 fully saturated rings. The number of anilines is 1. The van der Waals surface area contributed by atoms with E-state index in [1.165, 1.54) is 24.5 Å². The van der Waals surface area contributed by atoms with Crippen LogP contribution in [0.2, 0.25) is 5.02 Å². The molecule has 0 bridgehead atoms. The van der Waals surface area contributed by atoms with Crippen LogP contribution < -0.4 is 5.32 Å². The second-order valence-electron chi connectivity index (χ2n) is 3.41. The van der Waals surface area contributed by atoms with Gasteiger partial charge in [-0.05, 0) is 25.1 Å². The Labute approximate surface area is 102 Å². The maximum Gasteiger partial charge on any atom is 0.301 e. The molecule has 6 heteroatoms. The lowest BCUT2D eigenvalue weighted by molar-refractivity contribution is 0.102. The van der Waals surface area contributed by atoms with Crippen LogP contribution in [0, 0.1) is 6.92 Å². The van der Waals surface area contributed by atoms with E-state index in [-0.39, 0.29) is 22.4 Å². The molecule has 0 aliphatic carbocycles. The second-order valence-corrected chi connectivity index (χ2v) is 3.82. The first kappa shape index (κ1) is 11.5. The van der Waals surface area contributed by atoms with Crippen molar-refractivity contribution in [1.82, 2.24) is 4.98 Å². The van der Waals surface area contributed by atoms with Gasteiger partial charge in [0.1, 0.15) is 12.0 Å². The molecular formula is C11H9ClN2O3. The Morgan fingerprint density at radius 3 is 2.94 bits per heavy atom. The molecule has 1 aromatic heterocycles. The van der Waals surface area contributed by atoms with Crippen LogP contribution in [0.3, 0.4) is 0 Å². The molecule has 17 heavy (non-hydrogen) atoms. The molecule has 1 heterocycles. The fraction of sp³-hybridized carbons (Fsp3) is 0.0909. The van der Waals surface area contributed by atoms with Gasteiger partial charge in [-0.3, -0.25) is 10.1 Å². The van der Waals surface area contributed by atoms with Gasteiger partial charge in [-0.2, -0.15) is 4.98 Å². The summed E-state index contributed by atoms with van der Waals surface area (Å²) in [5.41, 5.74) is 0.810. The molecule has 0 spiro atoms. The van der Waals surface area contributed by atoms with E-state index in [2.05, 4.69) is 10.3 Å². The van der Waals surface area contributed by atoms with Crippen molar-refractivity contribution in [3.63, 3.8) is 0 Å². The number of benzene rings is 1. The summed E-state index contributed by atoms with van der Waals surface area (Å²) in [7, 11) is 0. The molecule has 2 N–H and O–H groups in total. The molecule has 0 unspecified atom stereocenters. The van der Waals surface area contributed by atoms with E-state index in [9.17, 15) is 9.90 Å². The number of oxazole rings is 1. The number of phenolic OH excluding ortho intramolecular Hbond substituents is 1. The number of hydrogen-bond acceptors (Lipinski definition) is 4. The van der Waals surface area contributed by atoms with E-state index >= 15 is 0 Å². The highest BCUT2D eigenvalue weighted by molar-refractivity contribution is 6.34. The van der Waals surface area contributed by atoms with Crippen LogP contribution in [0.25, 0.3) is 0 Å². The molecule has 0 saturated carbocycles. The summed E-state index contributed by atoms with van der Waals surface area (Å²) in [6.45, 7) is 1.74. The van der Waals surface area contributed by atoms with Gasteiger partial charge < -0.3 is 9.52 Å². The first-order chi connectivity index (χ1) is 8.06. The number of nitrogens with one attached hydrogen (secondary N) is 1. The Kier molecular flexibility index (Phi) is 3.01. The van der Waals surface area contributed by atoms with E-state index in [4.69, 9.17) is 16.0 Å². The molecule has 1 amide bonds. The summed E-state index contributed by atoms with van der Waals surface area (Å²) < 4.78 is 4.98. The molecule has 1 aromatic carbocycles. The van der Waals surface area contributed by atoms with E-state index in [1.807, 2.05) is 0 Å². The number of phenols is 1. The van der Waals surface area contributed by atoms with E-state index < -0.39 is 5.91 Å². The van der Waals surface area contributed by atoms with Crippen LogP contribution in [0.5, 0.6) is 5.75 Å². The highest BCUT2D eigenvalue weighted by Crippen LogP contribution is 2.22. The van der Waals surface area contributed by atoms with Gasteiger partial charge in [-0.15, -0.1) is 0 Å². The molecule has 0 aliphatic rings. The highest BCUT2D eigenvalue weighted by atomic mass is 35.5. The summed E-state index contributed by atoms with van der Waals surface area (Å²) in [4.78, 5) is 15.7. The maximum absolute atomic E-state index is 11.8. The van der Waals surface area contributed by atoms with Crippen molar-refractivity contribution in [1.29, 1.82) is 0 Å². The Hall–Kier alpha value is -2.01. The van der Waals surface area contributed by atoms with Crippen molar-refractivity contribution in [2.75, 3.05) is 5.32 Å². The lowest BCUT2D eigenvalue weighted by Gasteiger charge is -2.03. The van der Waals surface area contributed by atoms with Gasteiger partial charge in [0, 0.05) is 0 Å². The van der Waals surface area contributed by atoms with Crippen molar-refractivity contribution < 1.29 is 14.3 Å². The minimum Gasteiger partial charge on any atom is -0.508 e. The number of carbonyl (C=O) groups is 1. The Morgan fingerprint density at radius 1 is 1.53 bits per heavy atom. The molecular weight excluding hydrogens is 244 g/mol. The lowest BCUT2D eigenvalue weighted by atomic mass is 10.2. The highest BCUT2D eigenvalue weighted by Gasteiger charge is 2.13. The first-order valence-corrected chi connectivity index (χ1v) is 5.16. The largest absolute Gasteiger partial charge is 0.508 e. The third-order valence-corrected chi connectivity index (χ3v) is 2.36. The first-order valence-electron chi connectivity index (χ1n) is 4.78. The number of aryl methyl sites for hydroxylation is 1. The normalized spacial score (nSPS) is 10.2. The minimum atomic E-state index is -0.493. The van der Waals surface area contributed by atoms with Gasteiger partial charge in [-0.1, -0.05) is 11.6 Å². The smallest absolute Gasteiger partial charge is 0.301 e. The molecule has 5 nitrogen and oxygen atoms in total. The van der Waals surface area contributed by atoms with Gasteiger partial charge in [0.05, 0.1) is 16.3 Å². The molecule has 2 rings (SSSR count). The van der Waals surface area contributed by atoms with Crippen molar-refractivity contribution in [3.8, 4) is 5.75 Å². The average molecular weight is 253 g/mol. The molecule has 88 valence electrons. The molecule has 2 aromatic rings. The minimum absolute atomic E-state index is 0.0388. The van der Waals surface area contributed by atoms with Crippen LogP contribution in [0.1, 0.15) is 16.1 Å². The maximum atomic E-state index is 11.8. The monoisotopic (exact) mass is 252 g/mol. The van der Waals surface area contributed by atoms with E-state index in [0.717, 1.165) is 0 Å². The van der Waals surface area contributed by atoms with Crippen LogP contribution in [-0.2, 0) is 0 Å². The Morgan fingerprint density at radius 2 is 2.29 bits per heavy atom. The summed E-state index contributed by atoms with van der Waals surface area (Å²) in [6.07, 6.45) is 1.42. The number of aromatic nitrogens is 1. The summed E-state index contributed by atoms with van der Waals surface area (Å²) in [5.74, 6) is -0.532. The average Bonchev–Trinajstić information content (AvgIpc) is 2.67. The molecule has 0 atom stereocenters. The van der Waals surface area contributed by atoms with Gasteiger partial charge in [-0.25, -0.2) is 0 Å². The van der Waals surface area contributed by atoms with Crippen LogP contribution in [0.15, 0.2) is 28.9 Å². The van der Waals surface area contributed by atoms with Crippen molar-refractivity contribution in [2.24, 2.45) is 0 Å². The van der Waals surface area contributed by atoms with Crippen LogP contribution in [-0.4, -0.2) is 16.0 Å². The van der Waals surface area contributed by atoms with Crippen LogP contribution in [0.4, 0.5) is 6.01 Å². The fourth-order valence-electron chi connectivity index (χ4n) is 1.26. The van der Waals surface area contributed by atoms with E-state index in [1.54, 1.807) is 6.92 Å². The summed E-state index contributed by atoms with van der Waals surface area (Å²) in [6, 6.07) is 4.20. The van der Waals surface area contributed by atoms with Crippen LogP contribution >= 0.6 is 11.6 Å². The molecule has 0 saturated heterocycles. The Balaban J connectivity index is 2.22. The molecule has 0 aliphatic heterocycles. The third kappa shape index (κ3) is 2.57. The fourth-order valence-corrected chi connectivity index (χ4v) is 1.47. The number of amides is 1. The number of hydrogen-bond donors (Lipinski definition) is 2. The van der Waals surface area contributed by atoms with Gasteiger partial charge >= 0.3 is 6.01 Å². The topological polar surface area (TPSA) is 75.4 Å². The number of halogens is 1. The predicted molar refractivity (Wildman–Crippen MR) is 62.3 cm³/mol. The number of nitrogens with zero attached hydrogens (tertiary/aromatic N) is 1. The number of carbonyl (C=O) groups excluding carboxylic acids is 1. The zero-order valence-electron chi connectivity index (χ0n) is 8.90.